The SMILES string of the molecule is Cc1ccc(/C=C/C(=O)N(C)CCc2nn[nH]n2)cc1C. The average Bonchev–Trinajstić information content (AvgIpc) is 2.99. The molecule has 1 N–H and O–H groups in total. The lowest BCUT2D eigenvalue weighted by Crippen LogP contribution is -2.27. The highest BCUT2D eigenvalue weighted by Gasteiger charge is 2.06. The van der Waals surface area contributed by atoms with Crippen LogP contribution in [0.15, 0.2) is 24.3 Å². The summed E-state index contributed by atoms with van der Waals surface area (Å²) in [5.74, 6) is 0.560. The number of amides is 1. The van der Waals surface area contributed by atoms with E-state index in [0.29, 0.717) is 18.8 Å². The number of aryl methyl sites for hydroxylation is 2. The predicted octanol–water partition coefficient (Wildman–Crippen LogP) is 1.53. The third kappa shape index (κ3) is 4.24. The maximum Gasteiger partial charge on any atom is 0.246 e. The standard InChI is InChI=1S/C15H19N5O/c1-11-4-5-13(10-12(11)2)6-7-15(21)20(3)9-8-14-16-18-19-17-14/h4-7,10H,8-9H2,1-3H3,(H,16,17,18,19)/b7-6+. The fourth-order valence-corrected chi connectivity index (χ4v) is 1.83. The average molecular weight is 285 g/mol. The number of nitrogens with one attached hydrogen (secondary N) is 1. The summed E-state index contributed by atoms with van der Waals surface area (Å²) in [5.41, 5.74) is 3.49. The van der Waals surface area contributed by atoms with Gasteiger partial charge >= 0.3 is 0 Å². The van der Waals surface area contributed by atoms with Crippen molar-refractivity contribution in [1.82, 2.24) is 25.5 Å². The number of nitrogens with zero attached hydrogens (tertiary/aromatic N) is 4. The molecule has 110 valence electrons. The molecule has 1 heterocycles. The van der Waals surface area contributed by atoms with Crippen molar-refractivity contribution in [3.63, 3.8) is 0 Å². The summed E-state index contributed by atoms with van der Waals surface area (Å²) in [4.78, 5) is 13.6. The van der Waals surface area contributed by atoms with Crippen LogP contribution in [-0.2, 0) is 11.2 Å². The molecule has 21 heavy (non-hydrogen) atoms. The van der Waals surface area contributed by atoms with Crippen LogP contribution >= 0.6 is 0 Å². The van der Waals surface area contributed by atoms with E-state index in [1.165, 1.54) is 11.1 Å². The molecule has 0 aliphatic carbocycles. The van der Waals surface area contributed by atoms with Crippen LogP contribution in [0.3, 0.4) is 0 Å². The fraction of sp³-hybridized carbons (Fsp3) is 0.333. The number of benzene rings is 1. The van der Waals surface area contributed by atoms with E-state index in [4.69, 9.17) is 0 Å². The molecule has 6 nitrogen and oxygen atoms in total. The van der Waals surface area contributed by atoms with E-state index in [2.05, 4.69) is 46.6 Å². The van der Waals surface area contributed by atoms with Crippen molar-refractivity contribution in [3.8, 4) is 0 Å². The molecular formula is C15H19N5O. The summed E-state index contributed by atoms with van der Waals surface area (Å²) in [6.07, 6.45) is 4.00. The zero-order valence-electron chi connectivity index (χ0n) is 12.5. The molecule has 0 atom stereocenters. The minimum absolute atomic E-state index is 0.0447. The van der Waals surface area contributed by atoms with Crippen LogP contribution in [-0.4, -0.2) is 45.0 Å². The van der Waals surface area contributed by atoms with Gasteiger partial charge in [-0.2, -0.15) is 5.21 Å². The second-order valence-electron chi connectivity index (χ2n) is 5.01. The van der Waals surface area contributed by atoms with Crippen molar-refractivity contribution in [3.05, 3.63) is 46.8 Å². The first-order chi connectivity index (χ1) is 10.1. The van der Waals surface area contributed by atoms with Gasteiger partial charge in [-0.15, -0.1) is 10.2 Å². The van der Waals surface area contributed by atoms with Crippen molar-refractivity contribution in [2.24, 2.45) is 0 Å². The van der Waals surface area contributed by atoms with Crippen molar-refractivity contribution in [1.29, 1.82) is 0 Å². The Balaban J connectivity index is 1.90. The summed E-state index contributed by atoms with van der Waals surface area (Å²) in [7, 11) is 1.76. The first kappa shape index (κ1) is 14.9. The molecule has 1 aromatic heterocycles. The first-order valence-electron chi connectivity index (χ1n) is 6.79. The molecule has 0 saturated carbocycles. The largest absolute Gasteiger partial charge is 0.342 e. The van der Waals surface area contributed by atoms with Gasteiger partial charge in [0.2, 0.25) is 5.91 Å². The monoisotopic (exact) mass is 285 g/mol. The van der Waals surface area contributed by atoms with Gasteiger partial charge < -0.3 is 4.90 Å². The van der Waals surface area contributed by atoms with E-state index >= 15 is 0 Å². The number of H-pyrrole nitrogens is 1. The van der Waals surface area contributed by atoms with Gasteiger partial charge in [-0.25, -0.2) is 0 Å². The van der Waals surface area contributed by atoms with Crippen LogP contribution in [0.4, 0.5) is 0 Å². The molecule has 0 spiro atoms. The number of likely N-dealkylation sites (N-methyl/N-ethyl adjacent to an activating group) is 1. The molecule has 1 aromatic carbocycles. The van der Waals surface area contributed by atoms with Gasteiger partial charge in [0.15, 0.2) is 5.82 Å². The van der Waals surface area contributed by atoms with Crippen molar-refractivity contribution < 1.29 is 4.79 Å². The van der Waals surface area contributed by atoms with Gasteiger partial charge in [0, 0.05) is 26.1 Å². The topological polar surface area (TPSA) is 74.8 Å². The zero-order valence-corrected chi connectivity index (χ0v) is 12.5. The second kappa shape index (κ2) is 6.78. The Bertz CT molecular complexity index is 634. The molecule has 0 fully saturated rings. The molecule has 0 unspecified atom stereocenters. The summed E-state index contributed by atoms with van der Waals surface area (Å²) in [5, 5.41) is 13.6. The molecule has 2 aromatic rings. The number of hydrogen-bond donors (Lipinski definition) is 1. The van der Waals surface area contributed by atoms with Crippen LogP contribution in [0.25, 0.3) is 6.08 Å². The second-order valence-corrected chi connectivity index (χ2v) is 5.01. The van der Waals surface area contributed by atoms with E-state index < -0.39 is 0 Å². The Hall–Kier alpha value is -2.50. The highest BCUT2D eigenvalue weighted by Crippen LogP contribution is 2.11. The maximum absolute atomic E-state index is 12.0. The smallest absolute Gasteiger partial charge is 0.246 e. The quantitative estimate of drug-likeness (QED) is 0.845. The van der Waals surface area contributed by atoms with Gasteiger partial charge in [0.1, 0.15) is 0 Å². The third-order valence-electron chi connectivity index (χ3n) is 3.39. The van der Waals surface area contributed by atoms with Gasteiger partial charge in [0.25, 0.3) is 0 Å². The summed E-state index contributed by atoms with van der Waals surface area (Å²) in [6.45, 7) is 4.68. The fourth-order valence-electron chi connectivity index (χ4n) is 1.83. The minimum atomic E-state index is -0.0447. The highest BCUT2D eigenvalue weighted by molar-refractivity contribution is 5.91. The molecule has 0 radical (unpaired) electrons. The Morgan fingerprint density at radius 2 is 2.14 bits per heavy atom. The summed E-state index contributed by atoms with van der Waals surface area (Å²) >= 11 is 0. The Labute approximate surface area is 123 Å². The third-order valence-corrected chi connectivity index (χ3v) is 3.39. The molecule has 1 amide bonds. The van der Waals surface area contributed by atoms with Gasteiger partial charge in [-0.3, -0.25) is 4.79 Å². The van der Waals surface area contributed by atoms with Crippen LogP contribution < -0.4 is 0 Å². The van der Waals surface area contributed by atoms with E-state index in [-0.39, 0.29) is 5.91 Å². The number of aromatic nitrogens is 4. The molecule has 0 bridgehead atoms. The predicted molar refractivity (Wildman–Crippen MR) is 80.5 cm³/mol. The summed E-state index contributed by atoms with van der Waals surface area (Å²) < 4.78 is 0. The van der Waals surface area contributed by atoms with Crippen molar-refractivity contribution in [2.45, 2.75) is 20.3 Å². The van der Waals surface area contributed by atoms with Crippen molar-refractivity contribution >= 4 is 12.0 Å². The normalized spacial score (nSPS) is 11.0. The lowest BCUT2D eigenvalue weighted by molar-refractivity contribution is -0.124. The van der Waals surface area contributed by atoms with E-state index in [1.54, 1.807) is 18.0 Å². The maximum atomic E-state index is 12.0. The van der Waals surface area contributed by atoms with E-state index in [0.717, 1.165) is 5.56 Å². The Kier molecular flexibility index (Phi) is 4.81. The number of carbonyl (C=O) groups is 1. The molecule has 6 heteroatoms. The first-order valence-corrected chi connectivity index (χ1v) is 6.79. The van der Waals surface area contributed by atoms with Gasteiger partial charge in [0.05, 0.1) is 0 Å². The number of aromatic amines is 1. The van der Waals surface area contributed by atoms with Crippen LogP contribution in [0.5, 0.6) is 0 Å². The van der Waals surface area contributed by atoms with Gasteiger partial charge in [-0.1, -0.05) is 23.4 Å². The van der Waals surface area contributed by atoms with Crippen LogP contribution in [0.2, 0.25) is 0 Å². The lowest BCUT2D eigenvalue weighted by atomic mass is 10.1. The molecule has 0 aliphatic rings. The number of hydrogen-bond acceptors (Lipinski definition) is 4. The molecule has 2 rings (SSSR count). The van der Waals surface area contributed by atoms with E-state index in [1.807, 2.05) is 12.1 Å². The zero-order chi connectivity index (χ0) is 15.2. The number of tetrazole rings is 1. The number of carbonyl (C=O) groups excluding carboxylic acids is 1. The van der Waals surface area contributed by atoms with Crippen LogP contribution in [0, 0.1) is 13.8 Å². The van der Waals surface area contributed by atoms with Crippen LogP contribution in [0.1, 0.15) is 22.5 Å². The Morgan fingerprint density at radius 1 is 1.33 bits per heavy atom. The molecule has 0 saturated heterocycles. The number of rotatable bonds is 5. The summed E-state index contributed by atoms with van der Waals surface area (Å²) in [6, 6.07) is 6.13. The highest BCUT2D eigenvalue weighted by atomic mass is 16.2. The molecule has 0 aliphatic heterocycles. The lowest BCUT2D eigenvalue weighted by Gasteiger charge is -2.13. The Morgan fingerprint density at radius 3 is 2.81 bits per heavy atom. The van der Waals surface area contributed by atoms with E-state index in [9.17, 15) is 4.79 Å². The minimum Gasteiger partial charge on any atom is -0.342 e. The van der Waals surface area contributed by atoms with Gasteiger partial charge in [-0.05, 0) is 36.6 Å². The van der Waals surface area contributed by atoms with Crippen molar-refractivity contribution in [2.75, 3.05) is 13.6 Å². The molecular weight excluding hydrogens is 266 g/mol.